The number of para-hydroxylation sites is 1. The number of carbonyl (C=O) groups excluding carboxylic acids is 1. The number of carbonyl (C=O) groups is 1. The van der Waals surface area contributed by atoms with Crippen LogP contribution in [0.25, 0.3) is 10.2 Å². The molecule has 1 aromatic heterocycles. The van der Waals surface area contributed by atoms with Gasteiger partial charge in [0.1, 0.15) is 0 Å². The highest BCUT2D eigenvalue weighted by Crippen LogP contribution is 2.29. The predicted molar refractivity (Wildman–Crippen MR) is 110 cm³/mol. The van der Waals surface area contributed by atoms with Crippen LogP contribution in [0.1, 0.15) is 6.42 Å². The van der Waals surface area contributed by atoms with Gasteiger partial charge in [0.15, 0.2) is 5.13 Å². The summed E-state index contributed by atoms with van der Waals surface area (Å²) >= 11 is 1.77. The number of nitrogens with zero attached hydrogens (tertiary/aromatic N) is 4. The summed E-state index contributed by atoms with van der Waals surface area (Å²) in [6, 6.07) is 8.32. The molecule has 26 heavy (non-hydrogen) atoms. The molecule has 0 bridgehead atoms. The zero-order valence-electron chi connectivity index (χ0n) is 14.9. The number of nitrogens with one attached hydrogen (secondary N) is 1. The van der Waals surface area contributed by atoms with Crippen LogP contribution in [0.15, 0.2) is 24.3 Å². The van der Waals surface area contributed by atoms with Crippen molar-refractivity contribution in [3.8, 4) is 0 Å². The highest BCUT2D eigenvalue weighted by atomic mass is 35.5. The van der Waals surface area contributed by atoms with Crippen LogP contribution in [-0.2, 0) is 4.79 Å². The van der Waals surface area contributed by atoms with Gasteiger partial charge in [0, 0.05) is 65.3 Å². The Hall–Kier alpha value is -1.41. The van der Waals surface area contributed by atoms with Gasteiger partial charge in [-0.05, 0) is 12.1 Å². The number of hydrogen-bond donors (Lipinski definition) is 1. The van der Waals surface area contributed by atoms with E-state index in [0.717, 1.165) is 69.6 Å². The van der Waals surface area contributed by atoms with E-state index in [9.17, 15) is 4.79 Å². The molecule has 6 nitrogen and oxygen atoms in total. The molecule has 4 rings (SSSR count). The molecule has 2 saturated heterocycles. The van der Waals surface area contributed by atoms with Crippen molar-refractivity contribution in [2.75, 3.05) is 63.8 Å². The SMILES string of the molecule is Cl.O=C(CCN1CCN(c2nc3ccccc3s2)CC1)N1CCNCC1. The summed E-state index contributed by atoms with van der Waals surface area (Å²) in [5.74, 6) is 0.301. The number of benzene rings is 1. The molecule has 2 aliphatic heterocycles. The summed E-state index contributed by atoms with van der Waals surface area (Å²) in [5, 5.41) is 4.41. The van der Waals surface area contributed by atoms with Crippen molar-refractivity contribution in [2.45, 2.75) is 6.42 Å². The third-order valence-corrected chi connectivity index (χ3v) is 6.13. The van der Waals surface area contributed by atoms with Gasteiger partial charge in [0.2, 0.25) is 5.91 Å². The van der Waals surface area contributed by atoms with Crippen LogP contribution in [-0.4, -0.2) is 79.6 Å². The van der Waals surface area contributed by atoms with Gasteiger partial charge < -0.3 is 15.1 Å². The molecule has 0 spiro atoms. The van der Waals surface area contributed by atoms with Crippen LogP contribution in [0.3, 0.4) is 0 Å². The van der Waals surface area contributed by atoms with Crippen molar-refractivity contribution in [1.82, 2.24) is 20.1 Å². The lowest BCUT2D eigenvalue weighted by Gasteiger charge is -2.35. The van der Waals surface area contributed by atoms with Crippen molar-refractivity contribution < 1.29 is 4.79 Å². The monoisotopic (exact) mass is 395 g/mol. The molecule has 8 heteroatoms. The third kappa shape index (κ3) is 4.46. The van der Waals surface area contributed by atoms with E-state index < -0.39 is 0 Å². The number of halogens is 1. The number of anilines is 1. The lowest BCUT2D eigenvalue weighted by atomic mass is 10.2. The largest absolute Gasteiger partial charge is 0.345 e. The quantitative estimate of drug-likeness (QED) is 0.853. The Morgan fingerprint density at radius 2 is 1.81 bits per heavy atom. The molecule has 2 fully saturated rings. The molecular formula is C18H26ClN5OS. The molecule has 2 aliphatic rings. The minimum Gasteiger partial charge on any atom is -0.345 e. The highest BCUT2D eigenvalue weighted by molar-refractivity contribution is 7.22. The standard InChI is InChI=1S/C18H25N5OS.ClH/c24-17(22-9-6-19-7-10-22)5-8-21-11-13-23(14-12-21)18-20-15-3-1-2-4-16(15)25-18;/h1-4,19H,5-14H2;1H. The lowest BCUT2D eigenvalue weighted by molar-refractivity contribution is -0.132. The van der Waals surface area contributed by atoms with Gasteiger partial charge in [-0.3, -0.25) is 9.69 Å². The van der Waals surface area contributed by atoms with Crippen molar-refractivity contribution in [2.24, 2.45) is 0 Å². The Kier molecular flexibility index (Phi) is 6.69. The average molecular weight is 396 g/mol. The normalized spacial score (nSPS) is 18.8. The van der Waals surface area contributed by atoms with Crippen molar-refractivity contribution in [3.63, 3.8) is 0 Å². The van der Waals surface area contributed by atoms with Gasteiger partial charge in [0.05, 0.1) is 10.2 Å². The summed E-state index contributed by atoms with van der Waals surface area (Å²) < 4.78 is 1.25. The first kappa shape index (κ1) is 19.4. The predicted octanol–water partition coefficient (Wildman–Crippen LogP) is 1.66. The van der Waals surface area contributed by atoms with E-state index in [0.29, 0.717) is 12.3 Å². The van der Waals surface area contributed by atoms with Gasteiger partial charge in [-0.25, -0.2) is 4.98 Å². The number of fused-ring (bicyclic) bond motifs is 1. The third-order valence-electron chi connectivity index (χ3n) is 5.04. The van der Waals surface area contributed by atoms with Crippen molar-refractivity contribution >= 4 is 45.0 Å². The maximum Gasteiger partial charge on any atom is 0.223 e. The topological polar surface area (TPSA) is 51.7 Å². The molecule has 0 unspecified atom stereocenters. The molecule has 142 valence electrons. The molecule has 0 radical (unpaired) electrons. The second-order valence-corrected chi connectivity index (χ2v) is 7.68. The molecule has 0 atom stereocenters. The molecule has 0 aliphatic carbocycles. The van der Waals surface area contributed by atoms with Crippen LogP contribution >= 0.6 is 23.7 Å². The summed E-state index contributed by atoms with van der Waals surface area (Å²) in [4.78, 5) is 23.8. The Labute approximate surface area is 164 Å². The lowest BCUT2D eigenvalue weighted by Crippen LogP contribution is -2.49. The first-order valence-electron chi connectivity index (χ1n) is 9.11. The fraction of sp³-hybridized carbons (Fsp3) is 0.556. The summed E-state index contributed by atoms with van der Waals surface area (Å²) in [6.45, 7) is 8.41. The van der Waals surface area contributed by atoms with Gasteiger partial charge in [-0.15, -0.1) is 12.4 Å². The average Bonchev–Trinajstić information content (AvgIpc) is 3.11. The van der Waals surface area contributed by atoms with Crippen molar-refractivity contribution in [3.05, 3.63) is 24.3 Å². The van der Waals surface area contributed by atoms with E-state index in [1.807, 2.05) is 11.0 Å². The number of rotatable bonds is 4. The number of aromatic nitrogens is 1. The van der Waals surface area contributed by atoms with Crippen molar-refractivity contribution in [1.29, 1.82) is 0 Å². The van der Waals surface area contributed by atoms with E-state index in [1.165, 1.54) is 4.70 Å². The van der Waals surface area contributed by atoms with Gasteiger partial charge >= 0.3 is 0 Å². The molecule has 1 N–H and O–H groups in total. The minimum atomic E-state index is 0. The zero-order valence-corrected chi connectivity index (χ0v) is 16.5. The molecule has 0 saturated carbocycles. The number of hydrogen-bond acceptors (Lipinski definition) is 6. The molecular weight excluding hydrogens is 370 g/mol. The molecule has 1 aromatic carbocycles. The molecule has 1 amide bonds. The second-order valence-electron chi connectivity index (χ2n) is 6.67. The van der Waals surface area contributed by atoms with E-state index in [-0.39, 0.29) is 12.4 Å². The first-order chi connectivity index (χ1) is 12.3. The molecule has 3 heterocycles. The van der Waals surface area contributed by atoms with Crippen LogP contribution < -0.4 is 10.2 Å². The number of amides is 1. The van der Waals surface area contributed by atoms with E-state index >= 15 is 0 Å². The summed E-state index contributed by atoms with van der Waals surface area (Å²) in [7, 11) is 0. The summed E-state index contributed by atoms with van der Waals surface area (Å²) in [6.07, 6.45) is 0.640. The minimum absolute atomic E-state index is 0. The zero-order chi connectivity index (χ0) is 17.1. The Balaban J connectivity index is 0.00000196. The van der Waals surface area contributed by atoms with Crippen LogP contribution in [0.2, 0.25) is 0 Å². The Morgan fingerprint density at radius 1 is 1.08 bits per heavy atom. The number of piperazine rings is 2. The van der Waals surface area contributed by atoms with Gasteiger partial charge in [-0.1, -0.05) is 23.5 Å². The number of thiazole rings is 1. The first-order valence-corrected chi connectivity index (χ1v) is 9.92. The van der Waals surface area contributed by atoms with Crippen LogP contribution in [0.5, 0.6) is 0 Å². The maximum absolute atomic E-state index is 12.3. The fourth-order valence-corrected chi connectivity index (χ4v) is 4.50. The Bertz CT molecular complexity index is 692. The van der Waals surface area contributed by atoms with E-state index in [4.69, 9.17) is 4.98 Å². The van der Waals surface area contributed by atoms with E-state index in [2.05, 4.69) is 33.3 Å². The summed E-state index contributed by atoms with van der Waals surface area (Å²) in [5.41, 5.74) is 1.09. The fourth-order valence-electron chi connectivity index (χ4n) is 3.48. The second kappa shape index (κ2) is 8.99. The van der Waals surface area contributed by atoms with E-state index in [1.54, 1.807) is 11.3 Å². The Morgan fingerprint density at radius 3 is 2.54 bits per heavy atom. The molecule has 2 aromatic rings. The highest BCUT2D eigenvalue weighted by Gasteiger charge is 2.21. The smallest absolute Gasteiger partial charge is 0.223 e. The van der Waals surface area contributed by atoms with Crippen LogP contribution in [0, 0.1) is 0 Å². The van der Waals surface area contributed by atoms with Crippen LogP contribution in [0.4, 0.5) is 5.13 Å². The maximum atomic E-state index is 12.3. The van der Waals surface area contributed by atoms with Gasteiger partial charge in [-0.2, -0.15) is 0 Å². The van der Waals surface area contributed by atoms with Gasteiger partial charge in [0.25, 0.3) is 0 Å².